The molecule has 0 atom stereocenters. The quantitative estimate of drug-likeness (QED) is 0.676. The predicted octanol–water partition coefficient (Wildman–Crippen LogP) is 2.17. The van der Waals surface area contributed by atoms with Crippen molar-refractivity contribution < 1.29 is 0 Å². The van der Waals surface area contributed by atoms with Crippen molar-refractivity contribution in [2.75, 3.05) is 7.05 Å². The van der Waals surface area contributed by atoms with Crippen LogP contribution in [0.5, 0.6) is 0 Å². The van der Waals surface area contributed by atoms with Crippen LogP contribution < -0.4 is 5.32 Å². The second-order valence-corrected chi connectivity index (χ2v) is 6.62. The molecule has 6 heteroatoms. The Morgan fingerprint density at radius 3 is 2.54 bits per heavy atom. The zero-order chi connectivity index (χ0) is 17.1. The molecular weight excluding hydrogens is 300 g/mol. The lowest BCUT2D eigenvalue weighted by Crippen LogP contribution is -2.39. The average Bonchev–Trinajstić information content (AvgIpc) is 3.33. The highest BCUT2D eigenvalue weighted by atomic mass is 15.3. The highest BCUT2D eigenvalue weighted by Crippen LogP contribution is 2.19. The third-order valence-corrected chi connectivity index (χ3v) is 4.37. The van der Waals surface area contributed by atoms with Gasteiger partial charge in [-0.1, -0.05) is 29.8 Å². The van der Waals surface area contributed by atoms with E-state index in [1.165, 1.54) is 24.0 Å². The molecular formula is C18H26N6. The first-order chi connectivity index (χ1) is 11.5. The van der Waals surface area contributed by atoms with E-state index in [0.717, 1.165) is 24.2 Å². The average molecular weight is 326 g/mol. The Kier molecular flexibility index (Phi) is 4.83. The van der Waals surface area contributed by atoms with Gasteiger partial charge in [-0.05, 0) is 32.3 Å². The summed E-state index contributed by atoms with van der Waals surface area (Å²) in [6, 6.07) is 9.21. The molecule has 0 aliphatic heterocycles. The van der Waals surface area contributed by atoms with Crippen molar-refractivity contribution in [2.45, 2.75) is 45.8 Å². The van der Waals surface area contributed by atoms with E-state index in [2.05, 4.69) is 58.7 Å². The fourth-order valence-corrected chi connectivity index (χ4v) is 2.46. The molecule has 1 aliphatic rings. The van der Waals surface area contributed by atoms with Crippen LogP contribution in [0.4, 0.5) is 0 Å². The van der Waals surface area contributed by atoms with Crippen LogP contribution in [0, 0.1) is 13.8 Å². The Labute approximate surface area is 143 Å². The molecule has 1 aliphatic carbocycles. The molecule has 0 spiro atoms. The van der Waals surface area contributed by atoms with Crippen molar-refractivity contribution in [3.8, 4) is 0 Å². The van der Waals surface area contributed by atoms with E-state index < -0.39 is 0 Å². The van der Waals surface area contributed by atoms with Crippen molar-refractivity contribution in [1.29, 1.82) is 0 Å². The van der Waals surface area contributed by atoms with Gasteiger partial charge in [0.1, 0.15) is 12.4 Å². The summed E-state index contributed by atoms with van der Waals surface area (Å²) in [7, 11) is 4.06. The number of nitrogens with one attached hydrogen (secondary N) is 1. The third-order valence-electron chi connectivity index (χ3n) is 4.37. The van der Waals surface area contributed by atoms with Crippen LogP contribution in [0.2, 0.25) is 0 Å². The van der Waals surface area contributed by atoms with Crippen LogP contribution >= 0.6 is 0 Å². The second kappa shape index (κ2) is 7.03. The van der Waals surface area contributed by atoms with Crippen LogP contribution in [0.1, 0.15) is 35.6 Å². The van der Waals surface area contributed by atoms with Gasteiger partial charge in [-0.2, -0.15) is 0 Å². The first kappa shape index (κ1) is 16.5. The van der Waals surface area contributed by atoms with Gasteiger partial charge in [-0.15, -0.1) is 10.2 Å². The highest BCUT2D eigenvalue weighted by Gasteiger charge is 2.24. The number of aliphatic imine (C=N–C) groups is 1. The van der Waals surface area contributed by atoms with Crippen LogP contribution in [-0.4, -0.2) is 38.7 Å². The summed E-state index contributed by atoms with van der Waals surface area (Å²) in [4.78, 5) is 6.94. The minimum Gasteiger partial charge on any atom is -0.353 e. The first-order valence-electron chi connectivity index (χ1n) is 8.45. The van der Waals surface area contributed by atoms with Gasteiger partial charge in [0.2, 0.25) is 0 Å². The summed E-state index contributed by atoms with van der Waals surface area (Å²) in [5.74, 6) is 2.72. The largest absolute Gasteiger partial charge is 0.353 e. The number of hydrogen-bond acceptors (Lipinski definition) is 3. The van der Waals surface area contributed by atoms with Gasteiger partial charge < -0.3 is 14.8 Å². The molecule has 1 N–H and O–H groups in total. The van der Waals surface area contributed by atoms with Gasteiger partial charge in [0.05, 0.1) is 0 Å². The Morgan fingerprint density at radius 2 is 1.96 bits per heavy atom. The summed E-state index contributed by atoms with van der Waals surface area (Å²) in [6.45, 7) is 5.42. The summed E-state index contributed by atoms with van der Waals surface area (Å²) in [5.41, 5.74) is 2.56. The second-order valence-electron chi connectivity index (χ2n) is 6.62. The fourth-order valence-electron chi connectivity index (χ4n) is 2.46. The Balaban J connectivity index is 1.71. The van der Waals surface area contributed by atoms with Crippen molar-refractivity contribution in [3.63, 3.8) is 0 Å². The van der Waals surface area contributed by atoms with E-state index in [-0.39, 0.29) is 0 Å². The number of benzene rings is 1. The van der Waals surface area contributed by atoms with Gasteiger partial charge in [0, 0.05) is 26.7 Å². The molecule has 1 fully saturated rings. The normalized spacial score (nSPS) is 14.8. The fraction of sp³-hybridized carbons (Fsp3) is 0.500. The molecule has 24 heavy (non-hydrogen) atoms. The number of hydrogen-bond donors (Lipinski definition) is 1. The van der Waals surface area contributed by atoms with E-state index in [1.807, 2.05) is 18.5 Å². The van der Waals surface area contributed by atoms with Gasteiger partial charge in [-0.3, -0.25) is 0 Å². The van der Waals surface area contributed by atoms with Crippen molar-refractivity contribution in [1.82, 2.24) is 25.0 Å². The van der Waals surface area contributed by atoms with Crippen molar-refractivity contribution >= 4 is 5.96 Å². The lowest BCUT2D eigenvalue weighted by molar-refractivity contribution is 0.473. The number of nitrogens with zero attached hydrogens (tertiary/aromatic N) is 5. The molecule has 0 amide bonds. The number of aromatic nitrogens is 3. The maximum Gasteiger partial charge on any atom is 0.194 e. The predicted molar refractivity (Wildman–Crippen MR) is 95.7 cm³/mol. The van der Waals surface area contributed by atoms with Gasteiger partial charge in [0.25, 0.3) is 0 Å². The first-order valence-corrected chi connectivity index (χ1v) is 8.45. The molecule has 1 heterocycles. The molecule has 1 aromatic carbocycles. The summed E-state index contributed by atoms with van der Waals surface area (Å²) < 4.78 is 1.98. The van der Waals surface area contributed by atoms with E-state index in [9.17, 15) is 0 Å². The number of guanidine groups is 1. The molecule has 0 unspecified atom stereocenters. The molecule has 0 radical (unpaired) electrons. The van der Waals surface area contributed by atoms with E-state index in [1.54, 1.807) is 0 Å². The monoisotopic (exact) mass is 326 g/mol. The van der Waals surface area contributed by atoms with Crippen LogP contribution in [0.3, 0.4) is 0 Å². The maximum atomic E-state index is 4.77. The Hall–Kier alpha value is -2.37. The molecule has 0 saturated heterocycles. The van der Waals surface area contributed by atoms with Crippen LogP contribution in [-0.2, 0) is 20.1 Å². The lowest BCUT2D eigenvalue weighted by atomic mass is 10.1. The smallest absolute Gasteiger partial charge is 0.194 e. The molecule has 128 valence electrons. The van der Waals surface area contributed by atoms with Crippen molar-refractivity contribution in [2.24, 2.45) is 12.0 Å². The van der Waals surface area contributed by atoms with E-state index in [4.69, 9.17) is 4.99 Å². The van der Waals surface area contributed by atoms with Gasteiger partial charge in [-0.25, -0.2) is 4.99 Å². The minimum absolute atomic E-state index is 0.532. The van der Waals surface area contributed by atoms with Crippen LogP contribution in [0.25, 0.3) is 0 Å². The number of rotatable bonds is 5. The van der Waals surface area contributed by atoms with E-state index in [0.29, 0.717) is 12.6 Å². The molecule has 0 bridgehead atoms. The topological polar surface area (TPSA) is 58.3 Å². The zero-order valence-electron chi connectivity index (χ0n) is 15.0. The van der Waals surface area contributed by atoms with Crippen molar-refractivity contribution in [3.05, 3.63) is 47.0 Å². The summed E-state index contributed by atoms with van der Waals surface area (Å²) in [5, 5.41) is 11.8. The third kappa shape index (κ3) is 4.13. The van der Waals surface area contributed by atoms with Gasteiger partial charge >= 0.3 is 0 Å². The zero-order valence-corrected chi connectivity index (χ0v) is 15.0. The van der Waals surface area contributed by atoms with Crippen LogP contribution in [0.15, 0.2) is 29.3 Å². The maximum absolute atomic E-state index is 4.77. The SMILES string of the molecule is Cc1ccc(CN(C)C(=NCc2nnc(C)n2C)NC2CC2)cc1. The minimum atomic E-state index is 0.532. The lowest BCUT2D eigenvalue weighted by Gasteiger charge is -2.22. The molecule has 6 nitrogen and oxygen atoms in total. The molecule has 1 aromatic heterocycles. The summed E-state index contributed by atoms with van der Waals surface area (Å²) >= 11 is 0. The van der Waals surface area contributed by atoms with E-state index >= 15 is 0 Å². The Morgan fingerprint density at radius 1 is 1.25 bits per heavy atom. The summed E-state index contributed by atoms with van der Waals surface area (Å²) in [6.07, 6.45) is 2.45. The molecule has 2 aromatic rings. The Bertz CT molecular complexity index is 712. The van der Waals surface area contributed by atoms with Gasteiger partial charge in [0.15, 0.2) is 11.8 Å². The highest BCUT2D eigenvalue weighted by molar-refractivity contribution is 5.80. The number of aryl methyl sites for hydroxylation is 2. The standard InChI is InChI=1S/C18H26N6/c1-13-5-7-15(8-6-13)12-23(3)18(20-16-9-10-16)19-11-17-22-21-14(2)24(17)4/h5-8,16H,9-12H2,1-4H3,(H,19,20). The molecule has 1 saturated carbocycles. The molecule has 3 rings (SSSR count).